The minimum Gasteiger partial charge on any atom is -0.454 e. The predicted octanol–water partition coefficient (Wildman–Crippen LogP) is 2.73. The molecule has 1 fully saturated rings. The maximum absolute atomic E-state index is 12.1. The van der Waals surface area contributed by atoms with Crippen LogP contribution in [0.25, 0.3) is 10.6 Å². The highest BCUT2D eigenvalue weighted by atomic mass is 32.1. The number of thiazole rings is 1. The Balaban J connectivity index is 1.41. The van der Waals surface area contributed by atoms with Crippen LogP contribution >= 0.6 is 11.3 Å². The van der Waals surface area contributed by atoms with Crippen molar-refractivity contribution in [1.82, 2.24) is 10.5 Å². The molecule has 3 heterocycles. The number of hydrogen-bond acceptors (Lipinski definition) is 7. The van der Waals surface area contributed by atoms with Crippen LogP contribution in [-0.4, -0.2) is 30.6 Å². The summed E-state index contributed by atoms with van der Waals surface area (Å²) in [4.78, 5) is 21.8. The number of amides is 1. The zero-order chi connectivity index (χ0) is 16.4. The van der Waals surface area contributed by atoms with Crippen molar-refractivity contribution in [2.45, 2.75) is 25.6 Å². The van der Waals surface area contributed by atoms with Crippen molar-refractivity contribution in [2.75, 3.05) is 13.4 Å². The summed E-state index contributed by atoms with van der Waals surface area (Å²) in [5.41, 5.74) is 3.59. The van der Waals surface area contributed by atoms with Gasteiger partial charge in [-0.15, -0.1) is 11.3 Å². The van der Waals surface area contributed by atoms with Gasteiger partial charge in [-0.05, 0) is 31.0 Å². The van der Waals surface area contributed by atoms with E-state index < -0.39 is 0 Å². The molecule has 1 N–H and O–H groups in total. The number of aromatic nitrogens is 1. The van der Waals surface area contributed by atoms with Crippen molar-refractivity contribution in [3.05, 3.63) is 29.3 Å². The van der Waals surface area contributed by atoms with E-state index >= 15 is 0 Å². The van der Waals surface area contributed by atoms with Gasteiger partial charge in [-0.25, -0.2) is 15.3 Å². The lowest BCUT2D eigenvalue weighted by atomic mass is 10.2. The molecule has 1 aromatic heterocycles. The summed E-state index contributed by atoms with van der Waals surface area (Å²) >= 11 is 1.38. The second-order valence-corrected chi connectivity index (χ2v) is 6.31. The van der Waals surface area contributed by atoms with Gasteiger partial charge < -0.3 is 14.2 Å². The third-order valence-electron chi connectivity index (χ3n) is 3.78. The topological polar surface area (TPSA) is 78.9 Å². The molecule has 2 aromatic rings. The van der Waals surface area contributed by atoms with E-state index in [2.05, 4.69) is 10.5 Å². The van der Waals surface area contributed by atoms with Crippen LogP contribution < -0.4 is 15.0 Å². The van der Waals surface area contributed by atoms with Gasteiger partial charge in [-0.3, -0.25) is 4.79 Å². The van der Waals surface area contributed by atoms with Crippen molar-refractivity contribution in [1.29, 1.82) is 0 Å². The molecule has 0 saturated carbocycles. The normalized spacial score (nSPS) is 19.2. The van der Waals surface area contributed by atoms with Gasteiger partial charge in [-0.2, -0.15) is 0 Å². The van der Waals surface area contributed by atoms with Gasteiger partial charge in [0.25, 0.3) is 5.91 Å². The quantitative estimate of drug-likeness (QED) is 0.856. The summed E-state index contributed by atoms with van der Waals surface area (Å²) in [5.74, 6) is 1.02. The lowest BCUT2D eigenvalue weighted by molar-refractivity contribution is -0.186. The summed E-state index contributed by atoms with van der Waals surface area (Å²) in [6.07, 6.45) is 2.46. The maximum Gasteiger partial charge on any atom is 0.294 e. The standard InChI is InChI=1S/C16H16N2O5S/c19-15(18-23-14-3-1-2-6-20-14)11-8-24-16(17-11)10-4-5-12-13(7-10)22-9-21-12/h4-5,7-8,14H,1-3,6,9H2,(H,18,19)/t14-/m0/s1. The van der Waals surface area contributed by atoms with Gasteiger partial charge in [0, 0.05) is 24.0 Å². The molecule has 1 amide bonds. The molecule has 0 radical (unpaired) electrons. The molecule has 7 nitrogen and oxygen atoms in total. The molecule has 2 aliphatic rings. The molecular formula is C16H16N2O5S. The van der Waals surface area contributed by atoms with Crippen LogP contribution in [0.3, 0.4) is 0 Å². The lowest BCUT2D eigenvalue weighted by Crippen LogP contribution is -2.33. The predicted molar refractivity (Wildman–Crippen MR) is 85.8 cm³/mol. The van der Waals surface area contributed by atoms with Crippen LogP contribution in [0.4, 0.5) is 0 Å². The highest BCUT2D eigenvalue weighted by Gasteiger charge is 2.19. The Morgan fingerprint density at radius 3 is 3.08 bits per heavy atom. The maximum atomic E-state index is 12.1. The van der Waals surface area contributed by atoms with Crippen LogP contribution in [-0.2, 0) is 9.57 Å². The van der Waals surface area contributed by atoms with Gasteiger partial charge in [0.05, 0.1) is 0 Å². The first kappa shape index (κ1) is 15.4. The van der Waals surface area contributed by atoms with Crippen molar-refractivity contribution in [3.63, 3.8) is 0 Å². The van der Waals surface area contributed by atoms with Crippen molar-refractivity contribution < 1.29 is 23.8 Å². The first-order chi connectivity index (χ1) is 11.8. The smallest absolute Gasteiger partial charge is 0.294 e. The van der Waals surface area contributed by atoms with Crippen molar-refractivity contribution >= 4 is 17.2 Å². The van der Waals surface area contributed by atoms with E-state index in [0.29, 0.717) is 23.8 Å². The van der Waals surface area contributed by atoms with Gasteiger partial charge in [0.2, 0.25) is 6.79 Å². The number of carbonyl (C=O) groups is 1. The second kappa shape index (κ2) is 6.76. The fourth-order valence-electron chi connectivity index (χ4n) is 2.52. The highest BCUT2D eigenvalue weighted by molar-refractivity contribution is 7.13. The van der Waals surface area contributed by atoms with Crippen LogP contribution in [0.1, 0.15) is 29.8 Å². The van der Waals surface area contributed by atoms with Crippen LogP contribution in [0.15, 0.2) is 23.6 Å². The molecular weight excluding hydrogens is 332 g/mol. The Morgan fingerprint density at radius 1 is 1.29 bits per heavy atom. The summed E-state index contributed by atoms with van der Waals surface area (Å²) in [6.45, 7) is 0.885. The SMILES string of the molecule is O=C(NO[C@H]1CCCCO1)c1csc(-c2ccc3c(c2)OCO3)n1. The van der Waals surface area contributed by atoms with Gasteiger partial charge in [-0.1, -0.05) is 0 Å². The Morgan fingerprint density at radius 2 is 2.21 bits per heavy atom. The Labute approximate surface area is 142 Å². The largest absolute Gasteiger partial charge is 0.454 e. The molecule has 1 saturated heterocycles. The fraction of sp³-hybridized carbons (Fsp3) is 0.375. The fourth-order valence-corrected chi connectivity index (χ4v) is 3.31. The molecule has 0 unspecified atom stereocenters. The minimum atomic E-state index is -0.382. The highest BCUT2D eigenvalue weighted by Crippen LogP contribution is 2.36. The van der Waals surface area contributed by atoms with E-state index in [-0.39, 0.29) is 19.0 Å². The molecule has 1 aromatic carbocycles. The summed E-state index contributed by atoms with van der Waals surface area (Å²) in [6, 6.07) is 5.58. The van der Waals surface area contributed by atoms with Gasteiger partial charge in [0.1, 0.15) is 10.7 Å². The van der Waals surface area contributed by atoms with E-state index in [1.807, 2.05) is 18.2 Å². The first-order valence-corrected chi connectivity index (χ1v) is 8.61. The molecule has 24 heavy (non-hydrogen) atoms. The van der Waals surface area contributed by atoms with E-state index in [9.17, 15) is 4.79 Å². The number of ether oxygens (including phenoxy) is 3. The van der Waals surface area contributed by atoms with Crippen LogP contribution in [0.2, 0.25) is 0 Å². The molecule has 126 valence electrons. The number of fused-ring (bicyclic) bond motifs is 1. The molecule has 4 rings (SSSR count). The van der Waals surface area contributed by atoms with E-state index in [4.69, 9.17) is 19.0 Å². The third kappa shape index (κ3) is 3.21. The Kier molecular flexibility index (Phi) is 4.33. The molecule has 8 heteroatoms. The van der Waals surface area contributed by atoms with Crippen LogP contribution in [0.5, 0.6) is 11.5 Å². The molecule has 1 atom stereocenters. The average molecular weight is 348 g/mol. The zero-order valence-electron chi connectivity index (χ0n) is 12.8. The summed E-state index contributed by atoms with van der Waals surface area (Å²) < 4.78 is 16.1. The number of nitrogens with one attached hydrogen (secondary N) is 1. The van der Waals surface area contributed by atoms with E-state index in [0.717, 1.165) is 29.8 Å². The number of carbonyl (C=O) groups excluding carboxylic acids is 1. The second-order valence-electron chi connectivity index (χ2n) is 5.45. The van der Waals surface area contributed by atoms with E-state index in [1.54, 1.807) is 5.38 Å². The van der Waals surface area contributed by atoms with Gasteiger partial charge in [0.15, 0.2) is 17.8 Å². The van der Waals surface area contributed by atoms with Crippen molar-refractivity contribution in [3.8, 4) is 22.1 Å². The van der Waals surface area contributed by atoms with E-state index in [1.165, 1.54) is 11.3 Å². The lowest BCUT2D eigenvalue weighted by Gasteiger charge is -2.21. The van der Waals surface area contributed by atoms with Crippen LogP contribution in [0, 0.1) is 0 Å². The number of rotatable bonds is 4. The molecule has 0 spiro atoms. The summed E-state index contributed by atoms with van der Waals surface area (Å²) in [7, 11) is 0. The number of nitrogens with zero attached hydrogens (tertiary/aromatic N) is 1. The zero-order valence-corrected chi connectivity index (χ0v) is 13.6. The van der Waals surface area contributed by atoms with Crippen molar-refractivity contribution in [2.24, 2.45) is 0 Å². The molecule has 0 bridgehead atoms. The monoisotopic (exact) mass is 348 g/mol. The number of hydrogen-bond donors (Lipinski definition) is 1. The number of hydroxylamine groups is 1. The average Bonchev–Trinajstić information content (AvgIpc) is 3.29. The number of benzene rings is 1. The minimum absolute atomic E-state index is 0.227. The molecule has 0 aliphatic carbocycles. The summed E-state index contributed by atoms with van der Waals surface area (Å²) in [5, 5.41) is 2.42. The molecule has 2 aliphatic heterocycles. The third-order valence-corrected chi connectivity index (χ3v) is 4.67. The Bertz CT molecular complexity index is 742. The first-order valence-electron chi connectivity index (χ1n) is 7.73. The Hall–Kier alpha value is -2.16. The van der Waals surface area contributed by atoms with Gasteiger partial charge >= 0.3 is 0 Å².